The van der Waals surface area contributed by atoms with Crippen molar-refractivity contribution in [3.05, 3.63) is 58.7 Å². The monoisotopic (exact) mass is 489 g/mol. The van der Waals surface area contributed by atoms with Crippen LogP contribution in [-0.4, -0.2) is 32.1 Å². The number of esters is 1. The van der Waals surface area contributed by atoms with E-state index in [1.807, 2.05) is 50.2 Å². The number of ether oxygens (including phenoxy) is 1. The second kappa shape index (κ2) is 6.95. The van der Waals surface area contributed by atoms with Crippen LogP contribution in [0.3, 0.4) is 0 Å². The SMILES string of the molecule is COC(=O)C(C)(C)[C@@H](c1ccc2c(c1)C(=O)CC2)c1ccc2c(c1)nnn2I. The lowest BCUT2D eigenvalue weighted by Crippen LogP contribution is -2.33. The maximum Gasteiger partial charge on any atom is 0.312 e. The summed E-state index contributed by atoms with van der Waals surface area (Å²) >= 11 is 2.08. The van der Waals surface area contributed by atoms with Crippen molar-refractivity contribution in [3.63, 3.8) is 0 Å². The Morgan fingerprint density at radius 3 is 2.64 bits per heavy atom. The van der Waals surface area contributed by atoms with E-state index >= 15 is 0 Å². The summed E-state index contributed by atoms with van der Waals surface area (Å²) in [6, 6.07) is 11.9. The lowest BCUT2D eigenvalue weighted by atomic mass is 9.70. The van der Waals surface area contributed by atoms with Crippen molar-refractivity contribution in [1.82, 2.24) is 13.2 Å². The zero-order chi connectivity index (χ0) is 20.1. The molecule has 0 unspecified atom stereocenters. The van der Waals surface area contributed by atoms with Gasteiger partial charge < -0.3 is 4.74 Å². The number of aromatic nitrogens is 3. The van der Waals surface area contributed by atoms with Gasteiger partial charge in [0.05, 0.1) is 35.4 Å². The number of hydrogen-bond donors (Lipinski definition) is 0. The van der Waals surface area contributed by atoms with Gasteiger partial charge in [0.1, 0.15) is 11.0 Å². The highest BCUT2D eigenvalue weighted by Gasteiger charge is 2.40. The average molecular weight is 489 g/mol. The van der Waals surface area contributed by atoms with E-state index in [9.17, 15) is 9.59 Å². The highest BCUT2D eigenvalue weighted by atomic mass is 127. The predicted octanol–water partition coefficient (Wildman–Crippen LogP) is 4.09. The Kier molecular flexibility index (Phi) is 4.73. The van der Waals surface area contributed by atoms with Crippen molar-refractivity contribution >= 4 is 45.7 Å². The van der Waals surface area contributed by atoms with Gasteiger partial charge in [-0.15, -0.1) is 5.10 Å². The summed E-state index contributed by atoms with van der Waals surface area (Å²) in [6.45, 7) is 3.75. The Morgan fingerprint density at radius 2 is 1.89 bits per heavy atom. The van der Waals surface area contributed by atoms with Crippen LogP contribution in [0.25, 0.3) is 11.0 Å². The van der Waals surface area contributed by atoms with E-state index < -0.39 is 5.41 Å². The molecule has 4 rings (SSSR count). The van der Waals surface area contributed by atoms with E-state index in [1.165, 1.54) is 7.11 Å². The summed E-state index contributed by atoms with van der Waals surface area (Å²) in [5.74, 6) is -0.431. The van der Waals surface area contributed by atoms with Crippen molar-refractivity contribution in [3.8, 4) is 0 Å². The van der Waals surface area contributed by atoms with E-state index in [0.29, 0.717) is 6.42 Å². The van der Waals surface area contributed by atoms with Gasteiger partial charge in [0, 0.05) is 17.9 Å². The number of methoxy groups -OCH3 is 1. The molecular weight excluding hydrogens is 469 g/mol. The number of Topliss-reactive ketones (excluding diaryl/α,β-unsaturated/α-hetero) is 1. The third-order valence-electron chi connectivity index (χ3n) is 5.58. The lowest BCUT2D eigenvalue weighted by molar-refractivity contribution is -0.151. The molecule has 144 valence electrons. The topological polar surface area (TPSA) is 74.1 Å². The van der Waals surface area contributed by atoms with Crippen LogP contribution in [0.2, 0.25) is 0 Å². The number of carbonyl (C=O) groups is 2. The van der Waals surface area contributed by atoms with E-state index in [0.717, 1.165) is 39.7 Å². The molecule has 0 radical (unpaired) electrons. The maximum absolute atomic E-state index is 12.7. The van der Waals surface area contributed by atoms with Gasteiger partial charge in [-0.25, -0.2) is 0 Å². The number of ketones is 1. The Morgan fingerprint density at radius 1 is 1.18 bits per heavy atom. The Labute approximate surface area is 176 Å². The molecule has 7 heteroatoms. The van der Waals surface area contributed by atoms with Crippen molar-refractivity contribution in [2.75, 3.05) is 7.11 Å². The molecule has 0 amide bonds. The van der Waals surface area contributed by atoms with Crippen molar-refractivity contribution in [2.24, 2.45) is 5.41 Å². The fourth-order valence-electron chi connectivity index (χ4n) is 4.13. The van der Waals surface area contributed by atoms with E-state index in [2.05, 4.69) is 33.2 Å². The summed E-state index contributed by atoms with van der Waals surface area (Å²) in [5, 5.41) is 8.26. The van der Waals surface area contributed by atoms with E-state index in [4.69, 9.17) is 4.74 Å². The van der Waals surface area contributed by atoms with Crippen LogP contribution in [0.4, 0.5) is 0 Å². The summed E-state index contributed by atoms with van der Waals surface area (Å²) in [5.41, 5.74) is 4.53. The van der Waals surface area contributed by atoms with Crippen molar-refractivity contribution < 1.29 is 14.3 Å². The van der Waals surface area contributed by atoms with Crippen LogP contribution in [-0.2, 0) is 16.0 Å². The second-order valence-electron chi connectivity index (χ2n) is 7.68. The van der Waals surface area contributed by atoms with Crippen LogP contribution in [0.5, 0.6) is 0 Å². The zero-order valence-corrected chi connectivity index (χ0v) is 18.1. The molecule has 0 N–H and O–H groups in total. The molecule has 3 aromatic rings. The molecular formula is C21H20IN3O3. The fourth-order valence-corrected chi connectivity index (χ4v) is 4.64. The van der Waals surface area contributed by atoms with Crippen LogP contribution < -0.4 is 0 Å². The Balaban J connectivity index is 1.90. The van der Waals surface area contributed by atoms with Crippen molar-refractivity contribution in [2.45, 2.75) is 32.6 Å². The van der Waals surface area contributed by atoms with Crippen LogP contribution in [0.1, 0.15) is 53.2 Å². The van der Waals surface area contributed by atoms with Crippen LogP contribution in [0.15, 0.2) is 36.4 Å². The van der Waals surface area contributed by atoms with Gasteiger partial charge in [-0.05, 0) is 55.2 Å². The molecule has 0 bridgehead atoms. The predicted molar refractivity (Wildman–Crippen MR) is 114 cm³/mol. The number of rotatable bonds is 4. The second-order valence-corrected chi connectivity index (χ2v) is 8.60. The normalized spacial score (nSPS) is 14.9. The zero-order valence-electron chi connectivity index (χ0n) is 15.9. The molecule has 1 heterocycles. The highest BCUT2D eigenvalue weighted by Crippen LogP contribution is 2.43. The van der Waals surface area contributed by atoms with Gasteiger partial charge in [-0.1, -0.05) is 23.4 Å². The summed E-state index contributed by atoms with van der Waals surface area (Å²) in [7, 11) is 1.40. The minimum atomic E-state index is -0.835. The summed E-state index contributed by atoms with van der Waals surface area (Å²) < 4.78 is 6.79. The summed E-state index contributed by atoms with van der Waals surface area (Å²) in [6.07, 6.45) is 1.33. The van der Waals surface area contributed by atoms with Gasteiger partial charge >= 0.3 is 5.97 Å². The summed E-state index contributed by atoms with van der Waals surface area (Å²) in [4.78, 5) is 24.9. The number of fused-ring (bicyclic) bond motifs is 2. The number of hydrogen-bond acceptors (Lipinski definition) is 5. The smallest absolute Gasteiger partial charge is 0.312 e. The molecule has 0 saturated carbocycles. The third-order valence-corrected chi connectivity index (χ3v) is 6.30. The first-order valence-electron chi connectivity index (χ1n) is 9.09. The molecule has 1 aliphatic carbocycles. The van der Waals surface area contributed by atoms with E-state index in [-0.39, 0.29) is 17.7 Å². The molecule has 1 aliphatic rings. The maximum atomic E-state index is 12.7. The van der Waals surface area contributed by atoms with Crippen LogP contribution in [0, 0.1) is 5.41 Å². The molecule has 1 aromatic heterocycles. The first-order valence-corrected chi connectivity index (χ1v) is 10.1. The minimum absolute atomic E-state index is 0.162. The fraction of sp³-hybridized carbons (Fsp3) is 0.333. The number of benzene rings is 2. The third kappa shape index (κ3) is 3.01. The quantitative estimate of drug-likeness (QED) is 0.408. The number of halogens is 1. The first-order chi connectivity index (χ1) is 13.3. The largest absolute Gasteiger partial charge is 0.469 e. The van der Waals surface area contributed by atoms with Gasteiger partial charge in [0.25, 0.3) is 0 Å². The van der Waals surface area contributed by atoms with Gasteiger partial charge in [-0.3, -0.25) is 9.59 Å². The minimum Gasteiger partial charge on any atom is -0.469 e. The molecule has 0 saturated heterocycles. The van der Waals surface area contributed by atoms with E-state index in [1.54, 1.807) is 2.90 Å². The molecule has 1 atom stereocenters. The molecule has 6 nitrogen and oxygen atoms in total. The number of aryl methyl sites for hydroxylation is 1. The van der Waals surface area contributed by atoms with Crippen molar-refractivity contribution in [1.29, 1.82) is 0 Å². The Bertz CT molecular complexity index is 1100. The Hall–Kier alpha value is -2.29. The highest BCUT2D eigenvalue weighted by molar-refractivity contribution is 14.1. The first kappa shape index (κ1) is 19.0. The number of nitrogens with zero attached hydrogens (tertiary/aromatic N) is 3. The standard InChI is InChI=1S/C21H20IN3O3/c1-21(2,20(27)28-3)19(13-5-4-12-7-9-18(26)15(12)10-13)14-6-8-17-16(11-14)23-24-25(17)22/h4-6,8,10-11,19H,7,9H2,1-3H3/t19-/m0/s1. The molecule has 2 aromatic carbocycles. The molecule has 0 aliphatic heterocycles. The van der Waals surface area contributed by atoms with Gasteiger partial charge in [0.2, 0.25) is 0 Å². The molecule has 28 heavy (non-hydrogen) atoms. The van der Waals surface area contributed by atoms with Gasteiger partial charge in [-0.2, -0.15) is 2.90 Å². The van der Waals surface area contributed by atoms with Crippen LogP contribution >= 0.6 is 22.9 Å². The molecule has 0 fully saturated rings. The number of carbonyl (C=O) groups excluding carboxylic acids is 2. The lowest BCUT2D eigenvalue weighted by Gasteiger charge is -2.33. The van der Waals surface area contributed by atoms with Gasteiger partial charge in [0.15, 0.2) is 5.78 Å². The average Bonchev–Trinajstić information content (AvgIpc) is 3.24. The molecule has 0 spiro atoms.